The van der Waals surface area contributed by atoms with Gasteiger partial charge in [0.1, 0.15) is 11.3 Å². The van der Waals surface area contributed by atoms with Crippen LogP contribution < -0.4 is 5.32 Å². The molecule has 0 saturated carbocycles. The number of hydrogen-bond donors (Lipinski definition) is 3. The maximum absolute atomic E-state index is 11.8. The van der Waals surface area contributed by atoms with Gasteiger partial charge in [-0.05, 0) is 12.1 Å². The molecule has 0 heterocycles. The Hall–Kier alpha value is -2.11. The van der Waals surface area contributed by atoms with Crippen LogP contribution in [0.25, 0.3) is 0 Å². The first-order valence-corrected chi connectivity index (χ1v) is 3.96. The number of alkyl halides is 1. The number of amides is 1. The van der Waals surface area contributed by atoms with Crippen molar-refractivity contribution < 1.29 is 24.2 Å². The minimum atomic E-state index is -1.28. The van der Waals surface area contributed by atoms with Crippen molar-refractivity contribution >= 4 is 17.6 Å². The monoisotopic (exact) mass is 213 g/mol. The predicted molar refractivity (Wildman–Crippen MR) is 49.7 cm³/mol. The van der Waals surface area contributed by atoms with Gasteiger partial charge in [-0.2, -0.15) is 0 Å². The lowest BCUT2D eigenvalue weighted by Gasteiger charge is -2.04. The van der Waals surface area contributed by atoms with E-state index >= 15 is 0 Å². The minimum absolute atomic E-state index is 0.139. The minimum Gasteiger partial charge on any atom is -0.507 e. The van der Waals surface area contributed by atoms with Gasteiger partial charge >= 0.3 is 5.97 Å². The largest absolute Gasteiger partial charge is 0.507 e. The second-order valence-electron chi connectivity index (χ2n) is 2.72. The van der Waals surface area contributed by atoms with E-state index in [0.717, 1.165) is 12.1 Å². The Morgan fingerprint density at radius 3 is 2.53 bits per heavy atom. The zero-order valence-electron chi connectivity index (χ0n) is 7.53. The van der Waals surface area contributed by atoms with Crippen LogP contribution in [0.5, 0.6) is 5.75 Å². The Morgan fingerprint density at radius 2 is 2.07 bits per heavy atom. The van der Waals surface area contributed by atoms with Gasteiger partial charge < -0.3 is 15.5 Å². The number of hydrogen-bond acceptors (Lipinski definition) is 3. The number of carbonyl (C=O) groups is 2. The molecule has 0 bridgehead atoms. The summed E-state index contributed by atoms with van der Waals surface area (Å²) in [5, 5.41) is 19.9. The number of aromatic hydroxyl groups is 1. The Balaban J connectivity index is 2.91. The summed E-state index contributed by atoms with van der Waals surface area (Å²) in [5.41, 5.74) is -0.145. The smallest absolute Gasteiger partial charge is 0.339 e. The van der Waals surface area contributed by atoms with E-state index in [0.29, 0.717) is 0 Å². The number of phenols is 1. The number of rotatable bonds is 3. The van der Waals surface area contributed by atoms with Crippen LogP contribution in [0.4, 0.5) is 10.1 Å². The molecule has 0 aliphatic heterocycles. The molecule has 0 unspecified atom stereocenters. The Bertz CT molecular complexity index is 405. The summed E-state index contributed by atoms with van der Waals surface area (Å²) >= 11 is 0. The SMILES string of the molecule is O=C(CF)Nc1ccc(C(=O)O)c(O)c1. The summed E-state index contributed by atoms with van der Waals surface area (Å²) in [5.74, 6) is -2.63. The first-order valence-electron chi connectivity index (χ1n) is 3.96. The average Bonchev–Trinajstić information content (AvgIpc) is 2.17. The summed E-state index contributed by atoms with van der Waals surface area (Å²) in [6, 6.07) is 3.42. The fourth-order valence-corrected chi connectivity index (χ4v) is 0.985. The lowest BCUT2D eigenvalue weighted by molar-refractivity contribution is -0.117. The summed E-state index contributed by atoms with van der Waals surface area (Å²) in [4.78, 5) is 21.1. The molecule has 1 rings (SSSR count). The highest BCUT2D eigenvalue weighted by Gasteiger charge is 2.10. The second kappa shape index (κ2) is 4.41. The van der Waals surface area contributed by atoms with Gasteiger partial charge in [-0.25, -0.2) is 9.18 Å². The fraction of sp³-hybridized carbons (Fsp3) is 0.111. The normalized spacial score (nSPS) is 9.67. The first-order chi connectivity index (χ1) is 7.04. The average molecular weight is 213 g/mol. The Morgan fingerprint density at radius 1 is 1.40 bits per heavy atom. The van der Waals surface area contributed by atoms with Crippen LogP contribution in [0.2, 0.25) is 0 Å². The van der Waals surface area contributed by atoms with Gasteiger partial charge in [-0.15, -0.1) is 0 Å². The zero-order chi connectivity index (χ0) is 11.4. The third kappa shape index (κ3) is 2.67. The molecular weight excluding hydrogens is 205 g/mol. The lowest BCUT2D eigenvalue weighted by atomic mass is 10.2. The van der Waals surface area contributed by atoms with Gasteiger partial charge in [-0.3, -0.25) is 4.79 Å². The van der Waals surface area contributed by atoms with E-state index in [1.54, 1.807) is 0 Å². The highest BCUT2D eigenvalue weighted by atomic mass is 19.1. The molecule has 0 radical (unpaired) electrons. The van der Waals surface area contributed by atoms with Crippen molar-refractivity contribution in [3.05, 3.63) is 23.8 Å². The lowest BCUT2D eigenvalue weighted by Crippen LogP contribution is -2.13. The highest BCUT2D eigenvalue weighted by Crippen LogP contribution is 2.21. The third-order valence-electron chi connectivity index (χ3n) is 1.63. The molecule has 0 aliphatic carbocycles. The number of carboxylic acids is 1. The van der Waals surface area contributed by atoms with E-state index in [2.05, 4.69) is 5.32 Å². The number of aromatic carboxylic acids is 1. The number of halogens is 1. The van der Waals surface area contributed by atoms with Gasteiger partial charge in [-0.1, -0.05) is 0 Å². The standard InChI is InChI=1S/C9H8FNO4/c10-4-8(13)11-5-1-2-6(9(14)15)7(12)3-5/h1-3,12H,4H2,(H,11,13)(H,14,15). The van der Waals surface area contributed by atoms with Gasteiger partial charge in [0.25, 0.3) is 5.91 Å². The Labute approximate surface area is 84.2 Å². The molecule has 0 spiro atoms. The van der Waals surface area contributed by atoms with Crippen molar-refractivity contribution in [1.82, 2.24) is 0 Å². The summed E-state index contributed by atoms with van der Waals surface area (Å²) in [7, 11) is 0. The van der Waals surface area contributed by atoms with Crippen LogP contribution in [-0.4, -0.2) is 28.8 Å². The van der Waals surface area contributed by atoms with Crippen LogP contribution in [0.15, 0.2) is 18.2 Å². The van der Waals surface area contributed by atoms with Gasteiger partial charge in [0.15, 0.2) is 6.67 Å². The van der Waals surface area contributed by atoms with Gasteiger partial charge in [0, 0.05) is 11.8 Å². The van der Waals surface area contributed by atoms with Crippen molar-refractivity contribution in [2.45, 2.75) is 0 Å². The molecule has 5 nitrogen and oxygen atoms in total. The van der Waals surface area contributed by atoms with Crippen molar-refractivity contribution in [2.24, 2.45) is 0 Å². The first kappa shape index (κ1) is 11.0. The number of nitrogens with one attached hydrogen (secondary N) is 1. The van der Waals surface area contributed by atoms with E-state index in [4.69, 9.17) is 5.11 Å². The molecule has 1 amide bonds. The molecular formula is C9H8FNO4. The summed E-state index contributed by atoms with van der Waals surface area (Å²) in [6.07, 6.45) is 0. The fourth-order valence-electron chi connectivity index (χ4n) is 0.985. The van der Waals surface area contributed by atoms with Gasteiger partial charge in [0.05, 0.1) is 0 Å². The van der Waals surface area contributed by atoms with E-state index in [-0.39, 0.29) is 11.3 Å². The predicted octanol–water partition coefficient (Wildman–Crippen LogP) is 0.998. The number of anilines is 1. The quantitative estimate of drug-likeness (QED) is 0.699. The van der Waals surface area contributed by atoms with Crippen LogP contribution in [-0.2, 0) is 4.79 Å². The van der Waals surface area contributed by atoms with Crippen molar-refractivity contribution in [3.8, 4) is 5.75 Å². The van der Waals surface area contributed by atoms with Crippen LogP contribution in [0, 0.1) is 0 Å². The van der Waals surface area contributed by atoms with E-state index in [1.807, 2.05) is 0 Å². The summed E-state index contributed by atoms with van der Waals surface area (Å²) < 4.78 is 11.8. The van der Waals surface area contributed by atoms with Gasteiger partial charge in [0.2, 0.25) is 0 Å². The molecule has 0 aliphatic rings. The molecule has 3 N–H and O–H groups in total. The highest BCUT2D eigenvalue weighted by molar-refractivity contribution is 5.94. The van der Waals surface area contributed by atoms with Crippen LogP contribution >= 0.6 is 0 Å². The summed E-state index contributed by atoms with van der Waals surface area (Å²) in [6.45, 7) is -1.18. The topological polar surface area (TPSA) is 86.6 Å². The molecule has 0 atom stereocenters. The molecule has 0 aromatic heterocycles. The third-order valence-corrected chi connectivity index (χ3v) is 1.63. The number of benzene rings is 1. The van der Waals surface area contributed by atoms with Crippen molar-refractivity contribution in [3.63, 3.8) is 0 Å². The van der Waals surface area contributed by atoms with E-state index in [1.165, 1.54) is 6.07 Å². The van der Waals surface area contributed by atoms with Crippen molar-refractivity contribution in [2.75, 3.05) is 12.0 Å². The molecule has 15 heavy (non-hydrogen) atoms. The van der Waals surface area contributed by atoms with E-state index in [9.17, 15) is 19.1 Å². The number of carboxylic acid groups (broad SMARTS) is 1. The number of carbonyl (C=O) groups excluding carboxylic acids is 1. The zero-order valence-corrected chi connectivity index (χ0v) is 7.53. The molecule has 80 valence electrons. The maximum Gasteiger partial charge on any atom is 0.339 e. The molecule has 0 saturated heterocycles. The molecule has 1 aromatic rings. The van der Waals surface area contributed by atoms with Crippen LogP contribution in [0.3, 0.4) is 0 Å². The molecule has 0 fully saturated rings. The molecule has 1 aromatic carbocycles. The maximum atomic E-state index is 11.8. The van der Waals surface area contributed by atoms with Crippen molar-refractivity contribution in [1.29, 1.82) is 0 Å². The van der Waals surface area contributed by atoms with Crippen LogP contribution in [0.1, 0.15) is 10.4 Å². The van der Waals surface area contributed by atoms with E-state index < -0.39 is 24.3 Å². The Kier molecular flexibility index (Phi) is 3.22. The second-order valence-corrected chi connectivity index (χ2v) is 2.72. The molecule has 6 heteroatoms.